The van der Waals surface area contributed by atoms with Gasteiger partial charge < -0.3 is 0 Å². The number of nitrogens with zero attached hydrogens (tertiary/aromatic N) is 2. The highest BCUT2D eigenvalue weighted by Crippen LogP contribution is 2.09. The molecule has 86 valence electrons. The summed E-state index contributed by atoms with van der Waals surface area (Å²) >= 11 is 0. The largest absolute Gasteiger partial charge is 0.262 e. The van der Waals surface area contributed by atoms with E-state index in [0.717, 1.165) is 16.7 Å². The van der Waals surface area contributed by atoms with Crippen LogP contribution in [0.4, 0.5) is 0 Å². The van der Waals surface area contributed by atoms with E-state index >= 15 is 0 Å². The van der Waals surface area contributed by atoms with Crippen molar-refractivity contribution in [2.45, 2.75) is 13.8 Å². The fourth-order valence-corrected chi connectivity index (χ4v) is 1.66. The lowest BCUT2D eigenvalue weighted by atomic mass is 10.1. The molecule has 0 fully saturated rings. The molecular formula is C16H12N2. The van der Waals surface area contributed by atoms with Gasteiger partial charge in [-0.05, 0) is 31.5 Å². The predicted octanol–water partition coefficient (Wildman–Crippen LogP) is 2.97. The molecule has 0 amide bonds. The first-order chi connectivity index (χ1) is 8.69. The minimum Gasteiger partial charge on any atom is -0.262 e. The van der Waals surface area contributed by atoms with E-state index in [-0.39, 0.29) is 0 Å². The van der Waals surface area contributed by atoms with E-state index < -0.39 is 0 Å². The minimum absolute atomic E-state index is 0.530. The summed E-state index contributed by atoms with van der Waals surface area (Å²) in [7, 11) is 0. The first kappa shape index (κ1) is 11.9. The number of hydrogen-bond donors (Lipinski definition) is 0. The quantitative estimate of drug-likeness (QED) is 0.655. The van der Waals surface area contributed by atoms with Gasteiger partial charge in [0.2, 0.25) is 0 Å². The average Bonchev–Trinajstić information content (AvgIpc) is 2.38. The third kappa shape index (κ3) is 2.75. The molecule has 0 radical (unpaired) electrons. The second-order valence-corrected chi connectivity index (χ2v) is 4.14. The summed E-state index contributed by atoms with van der Waals surface area (Å²) in [5.74, 6) is 6.14. The zero-order valence-electron chi connectivity index (χ0n) is 10.4. The zero-order valence-corrected chi connectivity index (χ0v) is 10.4. The molecule has 0 unspecified atom stereocenters. The lowest BCUT2D eigenvalue weighted by molar-refractivity contribution is 1.29. The molecule has 0 saturated carbocycles. The van der Waals surface area contributed by atoms with E-state index in [0.29, 0.717) is 5.56 Å². The van der Waals surface area contributed by atoms with Crippen LogP contribution in [0.5, 0.6) is 0 Å². The zero-order chi connectivity index (χ0) is 13.0. The van der Waals surface area contributed by atoms with Crippen LogP contribution in [0.15, 0.2) is 36.7 Å². The Labute approximate surface area is 107 Å². The SMILES string of the molecule is Cc1ccc(C#Cc2cncc(C#N)c2)c(C)c1. The molecule has 0 aliphatic rings. The van der Waals surface area contributed by atoms with Gasteiger partial charge in [-0.2, -0.15) is 5.26 Å². The van der Waals surface area contributed by atoms with Crippen LogP contribution in [0.25, 0.3) is 0 Å². The van der Waals surface area contributed by atoms with Crippen molar-refractivity contribution in [3.63, 3.8) is 0 Å². The molecule has 0 N–H and O–H groups in total. The first-order valence-corrected chi connectivity index (χ1v) is 5.63. The van der Waals surface area contributed by atoms with E-state index in [1.807, 2.05) is 19.1 Å². The summed E-state index contributed by atoms with van der Waals surface area (Å²) in [6.07, 6.45) is 3.19. The Kier molecular flexibility index (Phi) is 3.41. The summed E-state index contributed by atoms with van der Waals surface area (Å²) in [6, 6.07) is 9.95. The Morgan fingerprint density at radius 2 is 1.78 bits per heavy atom. The van der Waals surface area contributed by atoms with Crippen molar-refractivity contribution in [1.82, 2.24) is 4.98 Å². The second kappa shape index (κ2) is 5.17. The molecule has 2 aromatic rings. The minimum atomic E-state index is 0.530. The molecule has 18 heavy (non-hydrogen) atoms. The van der Waals surface area contributed by atoms with Crippen LogP contribution in [0.3, 0.4) is 0 Å². The monoisotopic (exact) mass is 232 g/mol. The number of aromatic nitrogens is 1. The highest BCUT2D eigenvalue weighted by atomic mass is 14.6. The van der Waals surface area contributed by atoms with Crippen LogP contribution in [0.1, 0.15) is 27.8 Å². The number of nitriles is 1. The van der Waals surface area contributed by atoms with Gasteiger partial charge in [0.05, 0.1) is 5.56 Å². The van der Waals surface area contributed by atoms with Gasteiger partial charge in [0.15, 0.2) is 0 Å². The smallest absolute Gasteiger partial charge is 0.101 e. The van der Waals surface area contributed by atoms with Gasteiger partial charge in [-0.15, -0.1) is 0 Å². The molecule has 1 aromatic heterocycles. The van der Waals surface area contributed by atoms with E-state index in [4.69, 9.17) is 5.26 Å². The van der Waals surface area contributed by atoms with Crippen molar-refractivity contribution < 1.29 is 0 Å². The van der Waals surface area contributed by atoms with Gasteiger partial charge in [-0.3, -0.25) is 4.98 Å². The number of rotatable bonds is 0. The van der Waals surface area contributed by atoms with E-state index in [1.54, 1.807) is 12.3 Å². The summed E-state index contributed by atoms with van der Waals surface area (Å²) < 4.78 is 0. The van der Waals surface area contributed by atoms with Crippen molar-refractivity contribution in [3.8, 4) is 17.9 Å². The normalized spacial score (nSPS) is 9.17. The fourth-order valence-electron chi connectivity index (χ4n) is 1.66. The first-order valence-electron chi connectivity index (χ1n) is 5.63. The number of aryl methyl sites for hydroxylation is 2. The van der Waals surface area contributed by atoms with Crippen LogP contribution in [0, 0.1) is 37.0 Å². The molecule has 0 bridgehead atoms. The highest BCUT2D eigenvalue weighted by molar-refractivity contribution is 5.47. The molecule has 2 nitrogen and oxygen atoms in total. The van der Waals surface area contributed by atoms with Crippen LogP contribution < -0.4 is 0 Å². The van der Waals surface area contributed by atoms with Gasteiger partial charge in [0.1, 0.15) is 6.07 Å². The third-order valence-electron chi connectivity index (χ3n) is 2.59. The summed E-state index contributed by atoms with van der Waals surface area (Å²) in [4.78, 5) is 3.98. The van der Waals surface area contributed by atoms with Gasteiger partial charge in [-0.1, -0.05) is 29.5 Å². The Hall–Kier alpha value is -2.58. The lowest BCUT2D eigenvalue weighted by Gasteiger charge is -1.98. The molecule has 0 saturated heterocycles. The van der Waals surface area contributed by atoms with Gasteiger partial charge >= 0.3 is 0 Å². The molecule has 2 heteroatoms. The summed E-state index contributed by atoms with van der Waals surface area (Å²) in [5.41, 5.74) is 4.68. The van der Waals surface area contributed by atoms with Crippen LogP contribution in [-0.2, 0) is 0 Å². The Bertz CT molecular complexity index is 682. The molecule has 2 rings (SSSR count). The molecule has 0 spiro atoms. The van der Waals surface area contributed by atoms with Gasteiger partial charge in [0, 0.05) is 23.5 Å². The topological polar surface area (TPSA) is 36.7 Å². The molecule has 1 heterocycles. The predicted molar refractivity (Wildman–Crippen MR) is 70.8 cm³/mol. The van der Waals surface area contributed by atoms with Crippen molar-refractivity contribution >= 4 is 0 Å². The van der Waals surface area contributed by atoms with Gasteiger partial charge in [0.25, 0.3) is 0 Å². The van der Waals surface area contributed by atoms with Crippen molar-refractivity contribution in [3.05, 3.63) is 64.5 Å². The number of pyridine rings is 1. The lowest BCUT2D eigenvalue weighted by Crippen LogP contribution is -1.85. The molecule has 0 atom stereocenters. The van der Waals surface area contributed by atoms with Crippen LogP contribution >= 0.6 is 0 Å². The fraction of sp³-hybridized carbons (Fsp3) is 0.125. The van der Waals surface area contributed by atoms with Crippen molar-refractivity contribution in [2.24, 2.45) is 0 Å². The van der Waals surface area contributed by atoms with E-state index in [9.17, 15) is 0 Å². The average molecular weight is 232 g/mol. The second-order valence-electron chi connectivity index (χ2n) is 4.14. The van der Waals surface area contributed by atoms with Crippen LogP contribution in [-0.4, -0.2) is 4.98 Å². The van der Waals surface area contributed by atoms with E-state index in [2.05, 4.69) is 35.9 Å². The highest BCUT2D eigenvalue weighted by Gasteiger charge is 1.95. The molecule has 0 aliphatic heterocycles. The van der Waals surface area contributed by atoms with Crippen molar-refractivity contribution in [1.29, 1.82) is 5.26 Å². The Morgan fingerprint density at radius 1 is 1.00 bits per heavy atom. The molecule has 1 aromatic carbocycles. The maximum atomic E-state index is 8.78. The summed E-state index contributed by atoms with van der Waals surface area (Å²) in [5, 5.41) is 8.78. The van der Waals surface area contributed by atoms with Crippen LogP contribution in [0.2, 0.25) is 0 Å². The molecular weight excluding hydrogens is 220 g/mol. The summed E-state index contributed by atoms with van der Waals surface area (Å²) in [6.45, 7) is 4.10. The Morgan fingerprint density at radius 3 is 2.50 bits per heavy atom. The maximum Gasteiger partial charge on any atom is 0.101 e. The standard InChI is InChI=1S/C16H12N2/c1-12-3-5-16(13(2)7-12)6-4-14-8-15(9-17)11-18-10-14/h3,5,7-8,10-11H,1-2H3. The Balaban J connectivity index is 2.34. The third-order valence-corrected chi connectivity index (χ3v) is 2.59. The van der Waals surface area contributed by atoms with Gasteiger partial charge in [-0.25, -0.2) is 0 Å². The maximum absolute atomic E-state index is 8.78. The number of hydrogen-bond acceptors (Lipinski definition) is 2. The van der Waals surface area contributed by atoms with Crippen molar-refractivity contribution in [2.75, 3.05) is 0 Å². The molecule has 0 aliphatic carbocycles. The van der Waals surface area contributed by atoms with E-state index in [1.165, 1.54) is 11.8 Å². The number of benzene rings is 1.